The minimum Gasteiger partial charge on any atom is -0.302 e. The molecule has 1 atom stereocenters. The van der Waals surface area contributed by atoms with Crippen molar-refractivity contribution in [1.82, 2.24) is 10.3 Å². The Labute approximate surface area is 113 Å². The number of hydrogen-bond donors (Lipinski definition) is 1. The predicted molar refractivity (Wildman–Crippen MR) is 78.0 cm³/mol. The molecular weight excluding hydrogens is 240 g/mol. The van der Waals surface area contributed by atoms with Crippen molar-refractivity contribution in [1.29, 1.82) is 0 Å². The van der Waals surface area contributed by atoms with E-state index in [1.54, 1.807) is 11.3 Å². The number of nitrogens with one attached hydrogen (secondary N) is 1. The third-order valence-corrected chi connectivity index (χ3v) is 3.79. The van der Waals surface area contributed by atoms with Crippen LogP contribution in [0.25, 0.3) is 0 Å². The molecule has 96 valence electrons. The Morgan fingerprint density at radius 3 is 2.67 bits per heavy atom. The normalized spacial score (nSPS) is 12.9. The number of rotatable bonds is 5. The molecule has 0 amide bonds. The largest absolute Gasteiger partial charge is 0.302 e. The first-order valence-electron chi connectivity index (χ1n) is 6.45. The SMILES string of the molecule is CCc1ccccc1C(NC(C)C)c1nccs1. The first-order chi connectivity index (χ1) is 8.72. The van der Waals surface area contributed by atoms with E-state index in [-0.39, 0.29) is 6.04 Å². The lowest BCUT2D eigenvalue weighted by molar-refractivity contribution is 0.524. The van der Waals surface area contributed by atoms with E-state index in [1.165, 1.54) is 11.1 Å². The molecular formula is C15H20N2S. The number of nitrogens with zero attached hydrogens (tertiary/aromatic N) is 1. The predicted octanol–water partition coefficient (Wildman–Crippen LogP) is 3.79. The summed E-state index contributed by atoms with van der Waals surface area (Å²) in [6.07, 6.45) is 2.93. The Balaban J connectivity index is 2.39. The Bertz CT molecular complexity index is 477. The van der Waals surface area contributed by atoms with E-state index in [1.807, 2.05) is 11.6 Å². The molecule has 0 aliphatic carbocycles. The number of aromatic nitrogens is 1. The fourth-order valence-electron chi connectivity index (χ4n) is 2.14. The Morgan fingerprint density at radius 1 is 1.28 bits per heavy atom. The molecule has 2 nitrogen and oxygen atoms in total. The molecule has 1 aromatic heterocycles. The maximum Gasteiger partial charge on any atom is 0.114 e. The maximum absolute atomic E-state index is 4.48. The van der Waals surface area contributed by atoms with E-state index in [4.69, 9.17) is 0 Å². The second-order valence-corrected chi connectivity index (χ2v) is 5.60. The molecule has 1 unspecified atom stereocenters. The van der Waals surface area contributed by atoms with Crippen LogP contribution in [0.5, 0.6) is 0 Å². The summed E-state index contributed by atoms with van der Waals surface area (Å²) in [5, 5.41) is 6.80. The topological polar surface area (TPSA) is 24.9 Å². The highest BCUT2D eigenvalue weighted by Crippen LogP contribution is 2.27. The van der Waals surface area contributed by atoms with Gasteiger partial charge in [-0.25, -0.2) is 4.98 Å². The zero-order chi connectivity index (χ0) is 13.0. The number of thiazole rings is 1. The van der Waals surface area contributed by atoms with Gasteiger partial charge >= 0.3 is 0 Å². The van der Waals surface area contributed by atoms with E-state index in [0.717, 1.165) is 11.4 Å². The molecule has 18 heavy (non-hydrogen) atoms. The molecule has 0 bridgehead atoms. The number of benzene rings is 1. The highest BCUT2D eigenvalue weighted by atomic mass is 32.1. The third-order valence-electron chi connectivity index (χ3n) is 2.95. The lowest BCUT2D eigenvalue weighted by Crippen LogP contribution is -2.29. The van der Waals surface area contributed by atoms with Gasteiger partial charge in [-0.1, -0.05) is 31.2 Å². The summed E-state index contributed by atoms with van der Waals surface area (Å²) >= 11 is 1.71. The van der Waals surface area contributed by atoms with Gasteiger partial charge in [0.1, 0.15) is 5.01 Å². The molecule has 0 aliphatic rings. The van der Waals surface area contributed by atoms with E-state index in [0.29, 0.717) is 6.04 Å². The fourth-order valence-corrected chi connectivity index (χ4v) is 2.86. The van der Waals surface area contributed by atoms with E-state index < -0.39 is 0 Å². The number of aryl methyl sites for hydroxylation is 1. The summed E-state index contributed by atoms with van der Waals surface area (Å²) in [4.78, 5) is 4.48. The van der Waals surface area contributed by atoms with Crippen molar-refractivity contribution >= 4 is 11.3 Å². The highest BCUT2D eigenvalue weighted by Gasteiger charge is 2.19. The molecule has 0 aliphatic heterocycles. The van der Waals surface area contributed by atoms with Gasteiger partial charge in [0, 0.05) is 17.6 Å². The van der Waals surface area contributed by atoms with Gasteiger partial charge in [0.05, 0.1) is 6.04 Å². The van der Waals surface area contributed by atoms with Gasteiger partial charge in [-0.05, 0) is 31.4 Å². The van der Waals surface area contributed by atoms with Crippen LogP contribution in [-0.4, -0.2) is 11.0 Å². The van der Waals surface area contributed by atoms with E-state index in [9.17, 15) is 0 Å². The molecule has 2 rings (SSSR count). The Morgan fingerprint density at radius 2 is 2.06 bits per heavy atom. The molecule has 0 saturated heterocycles. The van der Waals surface area contributed by atoms with Crippen LogP contribution >= 0.6 is 11.3 Å². The van der Waals surface area contributed by atoms with Crippen molar-refractivity contribution in [2.24, 2.45) is 0 Å². The molecule has 0 fully saturated rings. The van der Waals surface area contributed by atoms with Crippen LogP contribution in [0.1, 0.15) is 42.9 Å². The minimum absolute atomic E-state index is 0.209. The lowest BCUT2D eigenvalue weighted by Gasteiger charge is -2.22. The van der Waals surface area contributed by atoms with Crippen LogP contribution in [0.15, 0.2) is 35.8 Å². The quantitative estimate of drug-likeness (QED) is 0.884. The highest BCUT2D eigenvalue weighted by molar-refractivity contribution is 7.09. The molecule has 1 aromatic carbocycles. The van der Waals surface area contributed by atoms with E-state index in [2.05, 4.69) is 55.3 Å². The second kappa shape index (κ2) is 6.12. The summed E-state index contributed by atoms with van der Waals surface area (Å²) in [7, 11) is 0. The standard InChI is InChI=1S/C15H20N2S/c1-4-12-7-5-6-8-13(12)14(17-11(2)3)15-16-9-10-18-15/h5-11,14,17H,4H2,1-3H3. The first kappa shape index (κ1) is 13.2. The van der Waals surface area contributed by atoms with Gasteiger partial charge in [0.15, 0.2) is 0 Å². The molecule has 1 N–H and O–H groups in total. The van der Waals surface area contributed by atoms with Crippen molar-refractivity contribution in [3.63, 3.8) is 0 Å². The Kier molecular flexibility index (Phi) is 4.50. The van der Waals surface area contributed by atoms with Crippen LogP contribution < -0.4 is 5.32 Å². The van der Waals surface area contributed by atoms with Gasteiger partial charge in [-0.15, -0.1) is 11.3 Å². The summed E-state index contributed by atoms with van der Waals surface area (Å²) in [5.41, 5.74) is 2.74. The molecule has 1 heterocycles. The molecule has 2 aromatic rings. The van der Waals surface area contributed by atoms with Crippen LogP contribution in [0.3, 0.4) is 0 Å². The van der Waals surface area contributed by atoms with Gasteiger partial charge in [0.25, 0.3) is 0 Å². The van der Waals surface area contributed by atoms with Crippen molar-refractivity contribution in [2.75, 3.05) is 0 Å². The fraction of sp³-hybridized carbons (Fsp3) is 0.400. The zero-order valence-electron chi connectivity index (χ0n) is 11.2. The first-order valence-corrected chi connectivity index (χ1v) is 7.33. The van der Waals surface area contributed by atoms with Gasteiger partial charge < -0.3 is 5.32 Å². The van der Waals surface area contributed by atoms with Crippen molar-refractivity contribution in [3.8, 4) is 0 Å². The van der Waals surface area contributed by atoms with Crippen molar-refractivity contribution in [2.45, 2.75) is 39.3 Å². The lowest BCUT2D eigenvalue weighted by atomic mass is 9.98. The van der Waals surface area contributed by atoms with Gasteiger partial charge in [-0.2, -0.15) is 0 Å². The van der Waals surface area contributed by atoms with Crippen molar-refractivity contribution < 1.29 is 0 Å². The van der Waals surface area contributed by atoms with Crippen LogP contribution in [0, 0.1) is 0 Å². The van der Waals surface area contributed by atoms with Gasteiger partial charge in [0.2, 0.25) is 0 Å². The monoisotopic (exact) mass is 260 g/mol. The molecule has 3 heteroatoms. The zero-order valence-corrected chi connectivity index (χ0v) is 12.0. The average Bonchev–Trinajstić information content (AvgIpc) is 2.89. The van der Waals surface area contributed by atoms with Crippen molar-refractivity contribution in [3.05, 3.63) is 52.0 Å². The van der Waals surface area contributed by atoms with E-state index >= 15 is 0 Å². The average molecular weight is 260 g/mol. The summed E-state index contributed by atoms with van der Waals surface area (Å²) < 4.78 is 0. The third kappa shape index (κ3) is 2.98. The summed E-state index contributed by atoms with van der Waals surface area (Å²) in [6.45, 7) is 6.55. The molecule has 0 spiro atoms. The van der Waals surface area contributed by atoms with Crippen LogP contribution in [-0.2, 0) is 6.42 Å². The molecule has 0 saturated carbocycles. The number of hydrogen-bond acceptors (Lipinski definition) is 3. The summed E-state index contributed by atoms with van der Waals surface area (Å²) in [6, 6.07) is 9.27. The maximum atomic E-state index is 4.48. The van der Waals surface area contributed by atoms with Gasteiger partial charge in [-0.3, -0.25) is 0 Å². The summed E-state index contributed by atoms with van der Waals surface area (Å²) in [5.74, 6) is 0. The second-order valence-electron chi connectivity index (χ2n) is 4.68. The minimum atomic E-state index is 0.209. The Hall–Kier alpha value is -1.19. The molecule has 0 radical (unpaired) electrons. The van der Waals surface area contributed by atoms with Crippen LogP contribution in [0.4, 0.5) is 0 Å². The van der Waals surface area contributed by atoms with Crippen LogP contribution in [0.2, 0.25) is 0 Å². The smallest absolute Gasteiger partial charge is 0.114 e.